The molecule has 1 amide bonds. The van der Waals surface area contributed by atoms with Gasteiger partial charge in [0.05, 0.1) is 24.3 Å². The molecule has 0 saturated carbocycles. The standard InChI is InChI=1S/C9H7FN2O2/c1-14-7-3-5(4-11)2-6(8(7)10)9(12)13/h2-3H,1H3,(H2,12,13). The van der Waals surface area contributed by atoms with Crippen LogP contribution in [0, 0.1) is 17.1 Å². The highest BCUT2D eigenvalue weighted by atomic mass is 19.1. The highest BCUT2D eigenvalue weighted by Crippen LogP contribution is 2.22. The van der Waals surface area contributed by atoms with Crippen LogP contribution in [0.2, 0.25) is 0 Å². The van der Waals surface area contributed by atoms with Crippen LogP contribution in [0.4, 0.5) is 4.39 Å². The molecule has 0 fully saturated rings. The second kappa shape index (κ2) is 3.75. The monoisotopic (exact) mass is 194 g/mol. The quantitative estimate of drug-likeness (QED) is 0.756. The molecule has 0 heterocycles. The van der Waals surface area contributed by atoms with Crippen molar-refractivity contribution in [1.29, 1.82) is 5.26 Å². The number of carbonyl (C=O) groups is 1. The lowest BCUT2D eigenvalue weighted by molar-refractivity contribution is 0.0995. The zero-order chi connectivity index (χ0) is 10.7. The van der Waals surface area contributed by atoms with Crippen LogP contribution in [0.25, 0.3) is 0 Å². The first-order valence-electron chi connectivity index (χ1n) is 3.67. The number of nitrogens with two attached hydrogens (primary N) is 1. The Morgan fingerprint density at radius 1 is 1.64 bits per heavy atom. The van der Waals surface area contributed by atoms with E-state index in [1.54, 1.807) is 6.07 Å². The second-order valence-corrected chi connectivity index (χ2v) is 2.52. The van der Waals surface area contributed by atoms with Crippen molar-refractivity contribution in [3.8, 4) is 11.8 Å². The van der Waals surface area contributed by atoms with Gasteiger partial charge in [0.1, 0.15) is 0 Å². The second-order valence-electron chi connectivity index (χ2n) is 2.52. The molecule has 0 bridgehead atoms. The van der Waals surface area contributed by atoms with Crippen LogP contribution in [0.1, 0.15) is 15.9 Å². The third kappa shape index (κ3) is 1.64. The minimum atomic E-state index is -0.932. The highest BCUT2D eigenvalue weighted by Gasteiger charge is 2.15. The summed E-state index contributed by atoms with van der Waals surface area (Å²) in [5, 5.41) is 8.57. The van der Waals surface area contributed by atoms with E-state index >= 15 is 0 Å². The SMILES string of the molecule is COc1cc(C#N)cc(C(N)=O)c1F. The fourth-order valence-corrected chi connectivity index (χ4v) is 0.990. The number of hydrogen-bond acceptors (Lipinski definition) is 3. The highest BCUT2D eigenvalue weighted by molar-refractivity contribution is 5.94. The van der Waals surface area contributed by atoms with E-state index in [1.807, 2.05) is 0 Å². The average Bonchev–Trinajstić information content (AvgIpc) is 2.17. The van der Waals surface area contributed by atoms with Gasteiger partial charge in [-0.05, 0) is 6.07 Å². The van der Waals surface area contributed by atoms with E-state index in [-0.39, 0.29) is 16.9 Å². The van der Waals surface area contributed by atoms with Crippen LogP contribution in [-0.2, 0) is 0 Å². The smallest absolute Gasteiger partial charge is 0.251 e. The summed E-state index contributed by atoms with van der Waals surface area (Å²) >= 11 is 0. The molecule has 0 atom stereocenters. The van der Waals surface area contributed by atoms with Gasteiger partial charge < -0.3 is 10.5 Å². The van der Waals surface area contributed by atoms with E-state index in [1.165, 1.54) is 13.2 Å². The number of carbonyl (C=O) groups excluding carboxylic acids is 1. The Labute approximate surface area is 79.7 Å². The van der Waals surface area contributed by atoms with Crippen LogP contribution >= 0.6 is 0 Å². The van der Waals surface area contributed by atoms with E-state index in [0.717, 1.165) is 6.07 Å². The van der Waals surface area contributed by atoms with E-state index < -0.39 is 11.7 Å². The lowest BCUT2D eigenvalue weighted by atomic mass is 10.1. The maximum atomic E-state index is 13.3. The number of ether oxygens (including phenoxy) is 1. The van der Waals surface area contributed by atoms with Crippen molar-refractivity contribution in [1.82, 2.24) is 0 Å². The molecule has 14 heavy (non-hydrogen) atoms. The summed E-state index contributed by atoms with van der Waals surface area (Å²) in [6.45, 7) is 0. The van der Waals surface area contributed by atoms with Crippen LogP contribution in [0.5, 0.6) is 5.75 Å². The van der Waals surface area contributed by atoms with Gasteiger partial charge in [-0.1, -0.05) is 0 Å². The average molecular weight is 194 g/mol. The maximum absolute atomic E-state index is 13.3. The molecule has 0 aromatic heterocycles. The molecule has 1 rings (SSSR count). The molecule has 1 aromatic carbocycles. The van der Waals surface area contributed by atoms with E-state index in [9.17, 15) is 9.18 Å². The van der Waals surface area contributed by atoms with Crippen molar-refractivity contribution in [2.75, 3.05) is 7.11 Å². The van der Waals surface area contributed by atoms with Crippen LogP contribution in [-0.4, -0.2) is 13.0 Å². The van der Waals surface area contributed by atoms with Crippen LogP contribution in [0.15, 0.2) is 12.1 Å². The van der Waals surface area contributed by atoms with Crippen LogP contribution < -0.4 is 10.5 Å². The summed E-state index contributed by atoms with van der Waals surface area (Å²) in [6, 6.07) is 4.05. The first-order chi connectivity index (χ1) is 6.60. The number of benzene rings is 1. The summed E-state index contributed by atoms with van der Waals surface area (Å²) in [7, 11) is 1.24. The number of primary amides is 1. The Morgan fingerprint density at radius 2 is 2.29 bits per heavy atom. The summed E-state index contributed by atoms with van der Waals surface area (Å²) < 4.78 is 17.9. The van der Waals surface area contributed by atoms with Gasteiger partial charge in [-0.3, -0.25) is 4.79 Å². The molecule has 1 aromatic rings. The number of halogens is 1. The molecule has 0 aliphatic carbocycles. The molecule has 72 valence electrons. The number of rotatable bonds is 2. The van der Waals surface area contributed by atoms with Gasteiger partial charge in [-0.15, -0.1) is 0 Å². The summed E-state index contributed by atoms with van der Waals surface area (Å²) in [5.41, 5.74) is 4.69. The molecule has 4 nitrogen and oxygen atoms in total. The third-order valence-corrected chi connectivity index (χ3v) is 1.65. The summed E-state index contributed by atoms with van der Waals surface area (Å²) in [4.78, 5) is 10.8. The predicted molar refractivity (Wildman–Crippen MR) is 46.2 cm³/mol. The Bertz CT molecular complexity index is 424. The Balaban J connectivity index is 3.44. The molecule has 0 radical (unpaired) electrons. The largest absolute Gasteiger partial charge is 0.494 e. The summed E-state index contributed by atoms with van der Waals surface area (Å²) in [5.74, 6) is -1.95. The van der Waals surface area contributed by atoms with Gasteiger partial charge in [-0.2, -0.15) is 5.26 Å². The first-order valence-corrected chi connectivity index (χ1v) is 3.67. The molecule has 5 heteroatoms. The Morgan fingerprint density at radius 3 is 2.71 bits per heavy atom. The van der Waals surface area contributed by atoms with Gasteiger partial charge >= 0.3 is 0 Å². The minimum absolute atomic E-state index is 0.122. The van der Waals surface area contributed by atoms with Gasteiger partial charge in [0.2, 0.25) is 0 Å². The summed E-state index contributed by atoms with van der Waals surface area (Å²) in [6.07, 6.45) is 0. The molecule has 0 aliphatic heterocycles. The fourth-order valence-electron chi connectivity index (χ4n) is 0.990. The van der Waals surface area contributed by atoms with Gasteiger partial charge in [-0.25, -0.2) is 4.39 Å². The number of hydrogen-bond donors (Lipinski definition) is 1. The van der Waals surface area contributed by atoms with Gasteiger partial charge in [0.15, 0.2) is 11.6 Å². The number of nitrogens with zero attached hydrogens (tertiary/aromatic N) is 1. The maximum Gasteiger partial charge on any atom is 0.251 e. The van der Waals surface area contributed by atoms with E-state index in [4.69, 9.17) is 11.0 Å². The van der Waals surface area contributed by atoms with E-state index in [2.05, 4.69) is 4.74 Å². The molecule has 0 spiro atoms. The van der Waals surface area contributed by atoms with Crippen molar-refractivity contribution in [3.05, 3.63) is 29.1 Å². The predicted octanol–water partition coefficient (Wildman–Crippen LogP) is 0.805. The topological polar surface area (TPSA) is 76.1 Å². The molecule has 0 unspecified atom stereocenters. The molecular formula is C9H7FN2O2. The molecule has 0 aliphatic rings. The van der Waals surface area contributed by atoms with Crippen LogP contribution in [0.3, 0.4) is 0 Å². The minimum Gasteiger partial charge on any atom is -0.494 e. The molecular weight excluding hydrogens is 187 g/mol. The lowest BCUT2D eigenvalue weighted by Gasteiger charge is -2.05. The number of methoxy groups -OCH3 is 1. The number of amides is 1. The van der Waals surface area contributed by atoms with Gasteiger partial charge in [0, 0.05) is 6.07 Å². The third-order valence-electron chi connectivity index (χ3n) is 1.65. The first kappa shape index (κ1) is 9.99. The van der Waals surface area contributed by atoms with E-state index in [0.29, 0.717) is 0 Å². The Hall–Kier alpha value is -2.09. The lowest BCUT2D eigenvalue weighted by Crippen LogP contribution is -2.14. The van der Waals surface area contributed by atoms with Crippen molar-refractivity contribution in [3.63, 3.8) is 0 Å². The van der Waals surface area contributed by atoms with Gasteiger partial charge in [0.25, 0.3) is 5.91 Å². The van der Waals surface area contributed by atoms with Crippen molar-refractivity contribution < 1.29 is 13.9 Å². The Kier molecular flexibility index (Phi) is 2.67. The zero-order valence-electron chi connectivity index (χ0n) is 7.37. The van der Waals surface area contributed by atoms with Crippen molar-refractivity contribution >= 4 is 5.91 Å². The molecule has 2 N–H and O–H groups in total. The van der Waals surface area contributed by atoms with Crippen molar-refractivity contribution in [2.45, 2.75) is 0 Å². The van der Waals surface area contributed by atoms with Crippen molar-refractivity contribution in [2.24, 2.45) is 5.73 Å². The fraction of sp³-hybridized carbons (Fsp3) is 0.111. The molecule has 0 saturated heterocycles. The number of nitriles is 1. The normalized spacial score (nSPS) is 9.21. The zero-order valence-corrected chi connectivity index (χ0v) is 7.37.